The second-order valence-corrected chi connectivity index (χ2v) is 8.30. The van der Waals surface area contributed by atoms with Crippen LogP contribution in [0.15, 0.2) is 58.3 Å². The molecule has 142 valence electrons. The second-order valence-electron chi connectivity index (χ2n) is 6.09. The van der Waals surface area contributed by atoms with Crippen LogP contribution in [0.2, 0.25) is 0 Å². The van der Waals surface area contributed by atoms with E-state index in [0.717, 1.165) is 29.6 Å². The van der Waals surface area contributed by atoms with E-state index >= 15 is 0 Å². The molecule has 10 heteroatoms. The monoisotopic (exact) mass is 417 g/mol. The highest BCUT2D eigenvalue weighted by molar-refractivity contribution is 7.94. The van der Waals surface area contributed by atoms with Crippen LogP contribution in [0, 0.1) is 0 Å². The molecule has 0 spiro atoms. The van der Waals surface area contributed by atoms with Crippen LogP contribution >= 0.6 is 12.0 Å². The number of carbonyl (C=O) groups is 2. The number of benzene rings is 2. The predicted octanol–water partition coefficient (Wildman–Crippen LogP) is 3.14. The van der Waals surface area contributed by atoms with Gasteiger partial charge in [0.1, 0.15) is 5.92 Å². The Morgan fingerprint density at radius 1 is 0.964 bits per heavy atom. The van der Waals surface area contributed by atoms with Crippen molar-refractivity contribution in [2.45, 2.75) is 15.7 Å². The zero-order chi connectivity index (χ0) is 20.1. The summed E-state index contributed by atoms with van der Waals surface area (Å²) in [4.78, 5) is 30.1. The predicted molar refractivity (Wildman–Crippen MR) is 99.0 cm³/mol. The van der Waals surface area contributed by atoms with E-state index in [1.54, 1.807) is 30.3 Å². The van der Waals surface area contributed by atoms with Gasteiger partial charge in [-0.3, -0.25) is 19.1 Å². The van der Waals surface area contributed by atoms with Crippen molar-refractivity contribution in [1.82, 2.24) is 4.98 Å². The molecule has 0 bridgehead atoms. The van der Waals surface area contributed by atoms with Crippen molar-refractivity contribution in [2.24, 2.45) is 0 Å². The largest absolute Gasteiger partial charge is 0.294 e. The van der Waals surface area contributed by atoms with E-state index in [1.807, 2.05) is 0 Å². The van der Waals surface area contributed by atoms with Gasteiger partial charge in [0.15, 0.2) is 11.6 Å². The quantitative estimate of drug-likeness (QED) is 0.216. The van der Waals surface area contributed by atoms with Crippen LogP contribution in [0.5, 0.6) is 0 Å². The highest BCUT2D eigenvalue weighted by Crippen LogP contribution is 2.35. The van der Waals surface area contributed by atoms with E-state index in [-0.39, 0.29) is 16.8 Å². The number of rotatable bonds is 4. The first-order valence-corrected chi connectivity index (χ1v) is 10.1. The van der Waals surface area contributed by atoms with Gasteiger partial charge in [0.2, 0.25) is 0 Å². The summed E-state index contributed by atoms with van der Waals surface area (Å²) in [6, 6.07) is 11.7. The third kappa shape index (κ3) is 3.11. The molecular formula is C18H11NO7S2. The zero-order valence-corrected chi connectivity index (χ0v) is 15.5. The van der Waals surface area contributed by atoms with E-state index < -0.39 is 32.5 Å². The van der Waals surface area contributed by atoms with Crippen molar-refractivity contribution in [3.05, 3.63) is 65.4 Å². The summed E-state index contributed by atoms with van der Waals surface area (Å²) in [7, 11) is -4.50. The van der Waals surface area contributed by atoms with Crippen LogP contribution in [0.1, 0.15) is 32.3 Å². The summed E-state index contributed by atoms with van der Waals surface area (Å²) in [5.74, 6) is -2.26. The van der Waals surface area contributed by atoms with Gasteiger partial charge in [-0.1, -0.05) is 12.1 Å². The lowest BCUT2D eigenvalue weighted by atomic mass is 9.98. The minimum absolute atomic E-state index is 0.0648. The Balaban J connectivity index is 1.79. The fraction of sp³-hybridized carbons (Fsp3) is 0.0556. The maximum Gasteiger partial charge on any atom is 0.294 e. The van der Waals surface area contributed by atoms with Gasteiger partial charge < -0.3 is 0 Å². The molecule has 0 amide bonds. The molecule has 0 saturated heterocycles. The van der Waals surface area contributed by atoms with Crippen molar-refractivity contribution in [3.63, 3.8) is 0 Å². The lowest BCUT2D eigenvalue weighted by molar-refractivity contribution is -0.116. The minimum atomic E-state index is -4.50. The molecule has 1 unspecified atom stereocenters. The Kier molecular flexibility index (Phi) is 4.52. The molecule has 1 atom stereocenters. The topological polar surface area (TPSA) is 131 Å². The molecule has 1 heterocycles. The number of ketones is 2. The van der Waals surface area contributed by atoms with Gasteiger partial charge in [0.25, 0.3) is 10.1 Å². The lowest BCUT2D eigenvalue weighted by Crippen LogP contribution is -2.14. The van der Waals surface area contributed by atoms with Crippen molar-refractivity contribution in [3.8, 4) is 0 Å². The first-order valence-electron chi connectivity index (χ1n) is 7.88. The van der Waals surface area contributed by atoms with E-state index in [1.165, 1.54) is 6.07 Å². The molecule has 2 aromatic carbocycles. The summed E-state index contributed by atoms with van der Waals surface area (Å²) in [5.41, 5.74) is 0.737. The van der Waals surface area contributed by atoms with Crippen LogP contribution in [0.4, 0.5) is 0 Å². The summed E-state index contributed by atoms with van der Waals surface area (Å²) < 4.78 is 35.9. The van der Waals surface area contributed by atoms with E-state index in [9.17, 15) is 22.6 Å². The fourth-order valence-electron chi connectivity index (χ4n) is 3.17. The number of pyridine rings is 1. The molecule has 0 aliphatic heterocycles. The smallest absolute Gasteiger partial charge is 0.293 e. The molecule has 8 nitrogen and oxygen atoms in total. The van der Waals surface area contributed by atoms with Gasteiger partial charge in [-0.2, -0.15) is 12.8 Å². The van der Waals surface area contributed by atoms with Crippen LogP contribution in [0.25, 0.3) is 10.9 Å². The Bertz CT molecular complexity index is 1250. The highest BCUT2D eigenvalue weighted by Gasteiger charge is 2.41. The normalized spacial score (nSPS) is 16.6. The summed E-state index contributed by atoms with van der Waals surface area (Å²) in [5, 5.41) is 9.32. The van der Waals surface area contributed by atoms with E-state index in [0.29, 0.717) is 10.4 Å². The third-order valence-corrected chi connectivity index (χ3v) is 5.83. The van der Waals surface area contributed by atoms with E-state index in [2.05, 4.69) is 9.32 Å². The Labute approximate surface area is 163 Å². The van der Waals surface area contributed by atoms with Gasteiger partial charge in [-0.15, -0.1) is 0 Å². The van der Waals surface area contributed by atoms with Crippen molar-refractivity contribution < 1.29 is 32.2 Å². The van der Waals surface area contributed by atoms with Gasteiger partial charge in [-0.25, -0.2) is 5.26 Å². The molecule has 1 aliphatic rings. The molecule has 1 aromatic heterocycles. The van der Waals surface area contributed by atoms with Gasteiger partial charge >= 0.3 is 0 Å². The highest BCUT2D eigenvalue weighted by atomic mass is 32.2. The van der Waals surface area contributed by atoms with Crippen LogP contribution in [-0.4, -0.2) is 34.8 Å². The Morgan fingerprint density at radius 2 is 1.68 bits per heavy atom. The molecule has 2 N–H and O–H groups in total. The first kappa shape index (κ1) is 18.7. The third-order valence-electron chi connectivity index (χ3n) is 4.46. The molecule has 4 rings (SSSR count). The van der Waals surface area contributed by atoms with E-state index in [4.69, 9.17) is 5.26 Å². The number of hydrogen-bond acceptors (Lipinski definition) is 8. The van der Waals surface area contributed by atoms with Crippen molar-refractivity contribution >= 4 is 44.6 Å². The number of aromatic nitrogens is 1. The Morgan fingerprint density at radius 3 is 2.39 bits per heavy atom. The molecule has 3 aromatic rings. The van der Waals surface area contributed by atoms with Crippen LogP contribution in [-0.2, 0) is 14.5 Å². The maximum atomic E-state index is 12.8. The number of nitrogens with zero attached hydrogens (tertiary/aromatic N) is 1. The molecule has 1 aliphatic carbocycles. The zero-order valence-electron chi connectivity index (χ0n) is 13.9. The lowest BCUT2D eigenvalue weighted by Gasteiger charge is -2.08. The summed E-state index contributed by atoms with van der Waals surface area (Å²) in [6.45, 7) is 0. The SMILES string of the molecule is O=C1c2ccc(S(=O)(=O)O)cc2C(=O)C1c1ccc2ccc(SOO)cc2n1. The van der Waals surface area contributed by atoms with Crippen LogP contribution in [0.3, 0.4) is 0 Å². The second kappa shape index (κ2) is 6.76. The number of hydrogen-bond donors (Lipinski definition) is 2. The minimum Gasteiger partial charge on any atom is -0.293 e. The maximum absolute atomic E-state index is 12.8. The molecular weight excluding hydrogens is 406 g/mol. The van der Waals surface area contributed by atoms with Crippen molar-refractivity contribution in [1.29, 1.82) is 0 Å². The molecule has 0 saturated carbocycles. The average Bonchev–Trinajstić information content (AvgIpc) is 2.91. The number of Topliss-reactive ketones (excluding diaryl/α,β-unsaturated/α-hetero) is 2. The molecule has 0 fully saturated rings. The van der Waals surface area contributed by atoms with Crippen LogP contribution < -0.4 is 0 Å². The van der Waals surface area contributed by atoms with Gasteiger partial charge in [0.05, 0.1) is 28.1 Å². The summed E-state index contributed by atoms with van der Waals surface area (Å²) in [6.07, 6.45) is 0. The number of carbonyl (C=O) groups excluding carboxylic acids is 2. The first-order chi connectivity index (χ1) is 13.3. The Hall–Kier alpha value is -2.63. The fourth-order valence-corrected chi connectivity index (χ4v) is 4.05. The van der Waals surface area contributed by atoms with Gasteiger partial charge in [0, 0.05) is 21.4 Å². The van der Waals surface area contributed by atoms with Crippen molar-refractivity contribution in [2.75, 3.05) is 0 Å². The summed E-state index contributed by atoms with van der Waals surface area (Å²) >= 11 is 0.724. The standard InChI is InChI=1S/C18H11NO7S2/c20-17-12-5-4-11(28(23,24)25)8-13(12)18(21)16(17)14-6-2-9-1-3-10(27-26-22)7-15(9)19-14/h1-8,16,22H,(H,23,24,25). The average molecular weight is 417 g/mol. The molecule has 0 radical (unpaired) electrons. The van der Waals surface area contributed by atoms with Gasteiger partial charge in [-0.05, 0) is 36.4 Å². The number of fused-ring (bicyclic) bond motifs is 2. The molecule has 28 heavy (non-hydrogen) atoms.